The Kier molecular flexibility index (Phi) is 4.05. The van der Waals surface area contributed by atoms with Gasteiger partial charge in [-0.2, -0.15) is 0 Å². The predicted molar refractivity (Wildman–Crippen MR) is 70.6 cm³/mol. The minimum atomic E-state index is -0.506. The van der Waals surface area contributed by atoms with Gasteiger partial charge in [-0.25, -0.2) is 0 Å². The van der Waals surface area contributed by atoms with Gasteiger partial charge in [0.2, 0.25) is 11.8 Å². The van der Waals surface area contributed by atoms with Crippen molar-refractivity contribution in [1.29, 1.82) is 0 Å². The normalized spacial score (nSPS) is 22.7. The molecule has 0 saturated carbocycles. The molecule has 0 radical (unpaired) electrons. The zero-order valence-electron chi connectivity index (χ0n) is 11.8. The fraction of sp³-hybridized carbons (Fsp3) is 0.714. The fourth-order valence-electron chi connectivity index (χ4n) is 2.13. The van der Waals surface area contributed by atoms with Crippen molar-refractivity contribution in [3.05, 3.63) is 0 Å². The summed E-state index contributed by atoms with van der Waals surface area (Å²) in [7, 11) is 0. The fourth-order valence-corrected chi connectivity index (χ4v) is 2.13. The first-order valence-electron chi connectivity index (χ1n) is 6.24. The van der Waals surface area contributed by atoms with Gasteiger partial charge in [0, 0.05) is 0 Å². The molecule has 2 atom stereocenters. The monoisotopic (exact) mass is 250 g/mol. The first kappa shape index (κ1) is 14.6. The highest BCUT2D eigenvalue weighted by molar-refractivity contribution is 5.95. The molecule has 0 aromatic heterocycles. The second-order valence-electron chi connectivity index (χ2n) is 6.19. The molecule has 1 aliphatic rings. The molecule has 0 spiro atoms. The van der Waals surface area contributed by atoms with Crippen molar-refractivity contribution in [2.24, 2.45) is 11.3 Å². The standard InChI is InChI=1S/C14H22N2O2/c1-7-10(9(2)3)16-8-11(17)15-12(13(16)18)14(4,5)6/h1,9-10,12H,8H2,2-6H3,(H,15,17). The lowest BCUT2D eigenvalue weighted by atomic mass is 9.84. The van der Waals surface area contributed by atoms with Crippen LogP contribution in [0.25, 0.3) is 0 Å². The van der Waals surface area contributed by atoms with Crippen LogP contribution in [0.3, 0.4) is 0 Å². The van der Waals surface area contributed by atoms with Crippen LogP contribution in [0.4, 0.5) is 0 Å². The molecule has 4 heteroatoms. The second-order valence-corrected chi connectivity index (χ2v) is 6.19. The highest BCUT2D eigenvalue weighted by atomic mass is 16.2. The summed E-state index contributed by atoms with van der Waals surface area (Å²) in [6, 6.07) is -0.832. The molecule has 0 aromatic rings. The number of carbonyl (C=O) groups is 2. The number of terminal acetylenes is 1. The van der Waals surface area contributed by atoms with E-state index in [9.17, 15) is 9.59 Å². The highest BCUT2D eigenvalue weighted by Gasteiger charge is 2.42. The third-order valence-corrected chi connectivity index (χ3v) is 3.15. The summed E-state index contributed by atoms with van der Waals surface area (Å²) in [6.07, 6.45) is 5.49. The van der Waals surface area contributed by atoms with Gasteiger partial charge in [-0.1, -0.05) is 40.5 Å². The third kappa shape index (κ3) is 2.84. The zero-order valence-corrected chi connectivity index (χ0v) is 11.8. The largest absolute Gasteiger partial charge is 0.342 e. The Morgan fingerprint density at radius 2 is 1.94 bits per heavy atom. The Balaban J connectivity index is 3.04. The average molecular weight is 250 g/mol. The van der Waals surface area contributed by atoms with Crippen molar-refractivity contribution in [2.75, 3.05) is 6.54 Å². The van der Waals surface area contributed by atoms with Crippen molar-refractivity contribution in [3.63, 3.8) is 0 Å². The maximum absolute atomic E-state index is 12.4. The Bertz CT molecular complexity index is 388. The lowest BCUT2D eigenvalue weighted by Crippen LogP contribution is -2.64. The van der Waals surface area contributed by atoms with Crippen LogP contribution < -0.4 is 5.32 Å². The molecule has 1 heterocycles. The molecule has 18 heavy (non-hydrogen) atoms. The number of hydrogen-bond acceptors (Lipinski definition) is 2. The summed E-state index contributed by atoms with van der Waals surface area (Å²) in [5.74, 6) is 2.52. The van der Waals surface area contributed by atoms with E-state index in [1.807, 2.05) is 34.6 Å². The molecule has 2 unspecified atom stereocenters. The summed E-state index contributed by atoms with van der Waals surface area (Å²) < 4.78 is 0. The summed E-state index contributed by atoms with van der Waals surface area (Å²) in [6.45, 7) is 9.75. The summed E-state index contributed by atoms with van der Waals surface area (Å²) in [5, 5.41) is 2.76. The van der Waals surface area contributed by atoms with E-state index in [0.29, 0.717) is 0 Å². The zero-order chi connectivity index (χ0) is 14.1. The number of rotatable bonds is 2. The van der Waals surface area contributed by atoms with E-state index in [0.717, 1.165) is 0 Å². The van der Waals surface area contributed by atoms with Crippen LogP contribution in [-0.2, 0) is 9.59 Å². The van der Waals surface area contributed by atoms with Crippen molar-refractivity contribution in [3.8, 4) is 12.3 Å². The highest BCUT2D eigenvalue weighted by Crippen LogP contribution is 2.25. The van der Waals surface area contributed by atoms with Gasteiger partial charge in [0.25, 0.3) is 0 Å². The van der Waals surface area contributed by atoms with Crippen molar-refractivity contribution < 1.29 is 9.59 Å². The molecule has 1 N–H and O–H groups in total. The number of hydrogen-bond donors (Lipinski definition) is 1. The van der Waals surface area contributed by atoms with Crippen molar-refractivity contribution in [2.45, 2.75) is 46.7 Å². The van der Waals surface area contributed by atoms with E-state index < -0.39 is 6.04 Å². The van der Waals surface area contributed by atoms with Crippen LogP contribution in [0.1, 0.15) is 34.6 Å². The summed E-state index contributed by atoms with van der Waals surface area (Å²) >= 11 is 0. The summed E-state index contributed by atoms with van der Waals surface area (Å²) in [4.78, 5) is 25.7. The van der Waals surface area contributed by atoms with Gasteiger partial charge in [0.1, 0.15) is 12.6 Å². The van der Waals surface area contributed by atoms with Gasteiger partial charge >= 0.3 is 0 Å². The van der Waals surface area contributed by atoms with Crippen LogP contribution in [-0.4, -0.2) is 35.3 Å². The molecular weight excluding hydrogens is 228 g/mol. The first-order chi connectivity index (χ1) is 8.18. The Labute approximate surface area is 109 Å². The Morgan fingerprint density at radius 3 is 2.33 bits per heavy atom. The smallest absolute Gasteiger partial charge is 0.247 e. The lowest BCUT2D eigenvalue weighted by Gasteiger charge is -2.41. The quantitative estimate of drug-likeness (QED) is 0.744. The number of nitrogens with zero attached hydrogens (tertiary/aromatic N) is 1. The van der Waals surface area contributed by atoms with E-state index in [-0.39, 0.29) is 35.7 Å². The van der Waals surface area contributed by atoms with Gasteiger partial charge in [-0.3, -0.25) is 9.59 Å². The topological polar surface area (TPSA) is 49.4 Å². The molecule has 1 rings (SSSR count). The van der Waals surface area contributed by atoms with Gasteiger partial charge in [0.05, 0.1) is 6.04 Å². The molecule has 1 aliphatic heterocycles. The van der Waals surface area contributed by atoms with Crippen molar-refractivity contribution >= 4 is 11.8 Å². The van der Waals surface area contributed by atoms with E-state index in [4.69, 9.17) is 6.42 Å². The van der Waals surface area contributed by atoms with Crippen LogP contribution >= 0.6 is 0 Å². The molecule has 2 amide bonds. The number of piperazine rings is 1. The maximum Gasteiger partial charge on any atom is 0.247 e. The van der Waals surface area contributed by atoms with Gasteiger partial charge in [-0.05, 0) is 11.3 Å². The van der Waals surface area contributed by atoms with E-state index in [1.165, 1.54) is 4.90 Å². The molecule has 0 aliphatic carbocycles. The molecule has 100 valence electrons. The van der Waals surface area contributed by atoms with E-state index in [2.05, 4.69) is 11.2 Å². The third-order valence-electron chi connectivity index (χ3n) is 3.15. The number of carbonyl (C=O) groups excluding carboxylic acids is 2. The van der Waals surface area contributed by atoms with E-state index in [1.54, 1.807) is 0 Å². The van der Waals surface area contributed by atoms with Gasteiger partial charge in [-0.15, -0.1) is 6.42 Å². The molecule has 1 saturated heterocycles. The molecule has 0 bridgehead atoms. The van der Waals surface area contributed by atoms with Crippen LogP contribution in [0.2, 0.25) is 0 Å². The van der Waals surface area contributed by atoms with Crippen LogP contribution in [0.5, 0.6) is 0 Å². The molecule has 0 aromatic carbocycles. The predicted octanol–water partition coefficient (Wildman–Crippen LogP) is 1.02. The minimum absolute atomic E-state index is 0.0540. The van der Waals surface area contributed by atoms with E-state index >= 15 is 0 Å². The number of nitrogens with one attached hydrogen (secondary N) is 1. The first-order valence-corrected chi connectivity index (χ1v) is 6.24. The SMILES string of the molecule is C#CC(C(C)C)N1CC(=O)NC(C(C)(C)C)C1=O. The minimum Gasteiger partial charge on any atom is -0.342 e. The van der Waals surface area contributed by atoms with Crippen LogP contribution in [0, 0.1) is 23.7 Å². The lowest BCUT2D eigenvalue weighted by molar-refractivity contribution is -0.149. The van der Waals surface area contributed by atoms with Crippen LogP contribution in [0.15, 0.2) is 0 Å². The number of amides is 2. The van der Waals surface area contributed by atoms with Gasteiger partial charge < -0.3 is 10.2 Å². The maximum atomic E-state index is 12.4. The Hall–Kier alpha value is -1.50. The van der Waals surface area contributed by atoms with Gasteiger partial charge in [0.15, 0.2) is 0 Å². The second kappa shape index (κ2) is 5.01. The van der Waals surface area contributed by atoms with Crippen molar-refractivity contribution in [1.82, 2.24) is 10.2 Å². The summed E-state index contributed by atoms with van der Waals surface area (Å²) in [5.41, 5.74) is -0.318. The molecular formula is C14H22N2O2. The molecule has 4 nitrogen and oxygen atoms in total. The Morgan fingerprint density at radius 1 is 1.39 bits per heavy atom. The average Bonchev–Trinajstić information content (AvgIpc) is 2.21. The molecule has 1 fully saturated rings.